The average Bonchev–Trinajstić information content (AvgIpc) is 3.24. The highest BCUT2D eigenvalue weighted by atomic mass is 35.5. The number of rotatable bonds is 4. The van der Waals surface area contributed by atoms with Crippen LogP contribution in [-0.4, -0.2) is 38.8 Å². The summed E-state index contributed by atoms with van der Waals surface area (Å²) in [7, 11) is -3.80. The standard InChI is InChI=1S/C18H13ClN4O4S/c19-14-9-16-15(26-11-27-16)8-12(14)10-21-23(7-3-6-20)18-13-4-1-2-5-17(13)28(24,25)22-18/h1-2,4-5,8-10H,3,7,11H2/b21-10+. The minimum atomic E-state index is -3.80. The van der Waals surface area contributed by atoms with Crippen molar-refractivity contribution >= 4 is 33.7 Å². The topological polar surface area (TPSA) is 104 Å². The summed E-state index contributed by atoms with van der Waals surface area (Å²) in [4.78, 5) is 0.114. The first-order valence-corrected chi connectivity index (χ1v) is 10.0. The van der Waals surface area contributed by atoms with Crippen molar-refractivity contribution < 1.29 is 17.9 Å². The Labute approximate surface area is 166 Å². The van der Waals surface area contributed by atoms with Gasteiger partial charge in [-0.15, -0.1) is 4.40 Å². The molecule has 2 aliphatic rings. The summed E-state index contributed by atoms with van der Waals surface area (Å²) in [5.74, 6) is 1.25. The van der Waals surface area contributed by atoms with Crippen LogP contribution in [0.25, 0.3) is 0 Å². The number of halogens is 1. The van der Waals surface area contributed by atoms with Crippen LogP contribution in [0.5, 0.6) is 11.5 Å². The maximum Gasteiger partial charge on any atom is 0.285 e. The van der Waals surface area contributed by atoms with Crippen molar-refractivity contribution in [1.29, 1.82) is 5.26 Å². The first-order valence-electron chi connectivity index (χ1n) is 8.21. The fraction of sp³-hybridized carbons (Fsp3) is 0.167. The molecular weight excluding hydrogens is 404 g/mol. The maximum atomic E-state index is 12.3. The van der Waals surface area contributed by atoms with Gasteiger partial charge in [-0.2, -0.15) is 18.8 Å². The highest BCUT2D eigenvalue weighted by Gasteiger charge is 2.31. The molecule has 0 aliphatic carbocycles. The Morgan fingerprint density at radius 2 is 2.04 bits per heavy atom. The highest BCUT2D eigenvalue weighted by Crippen LogP contribution is 2.36. The van der Waals surface area contributed by atoms with E-state index in [1.807, 2.05) is 6.07 Å². The average molecular weight is 417 g/mol. The second-order valence-electron chi connectivity index (χ2n) is 5.89. The van der Waals surface area contributed by atoms with Gasteiger partial charge >= 0.3 is 0 Å². The molecule has 0 amide bonds. The summed E-state index contributed by atoms with van der Waals surface area (Å²) < 4.78 is 39.1. The third-order valence-corrected chi connectivity index (χ3v) is 5.77. The van der Waals surface area contributed by atoms with Crippen LogP contribution in [0.15, 0.2) is 50.8 Å². The lowest BCUT2D eigenvalue weighted by molar-refractivity contribution is 0.174. The first-order chi connectivity index (χ1) is 13.5. The number of fused-ring (bicyclic) bond motifs is 2. The Kier molecular flexibility index (Phi) is 4.66. The minimum absolute atomic E-state index is 0.114. The number of sulfonamides is 1. The van der Waals surface area contributed by atoms with Crippen LogP contribution in [0, 0.1) is 11.3 Å². The molecule has 0 aromatic heterocycles. The lowest BCUT2D eigenvalue weighted by Gasteiger charge is -2.17. The van der Waals surface area contributed by atoms with Gasteiger partial charge in [0.25, 0.3) is 10.0 Å². The van der Waals surface area contributed by atoms with Crippen molar-refractivity contribution in [2.75, 3.05) is 13.3 Å². The summed E-state index contributed by atoms with van der Waals surface area (Å²) in [6.07, 6.45) is 1.60. The number of amidine groups is 1. The molecule has 142 valence electrons. The molecular formula is C18H13ClN4O4S. The van der Waals surface area contributed by atoms with E-state index in [9.17, 15) is 8.42 Å². The van der Waals surface area contributed by atoms with Crippen molar-refractivity contribution in [3.8, 4) is 17.6 Å². The van der Waals surface area contributed by atoms with Gasteiger partial charge in [0.15, 0.2) is 17.3 Å². The van der Waals surface area contributed by atoms with Gasteiger partial charge in [-0.25, -0.2) is 5.01 Å². The number of hydrazone groups is 1. The van der Waals surface area contributed by atoms with Gasteiger partial charge in [-0.05, 0) is 18.2 Å². The second-order valence-corrected chi connectivity index (χ2v) is 7.87. The number of hydrogen-bond donors (Lipinski definition) is 0. The zero-order chi connectivity index (χ0) is 19.7. The molecule has 0 saturated heterocycles. The molecule has 0 N–H and O–H groups in total. The maximum absolute atomic E-state index is 12.3. The van der Waals surface area contributed by atoms with E-state index < -0.39 is 10.0 Å². The summed E-state index contributed by atoms with van der Waals surface area (Å²) >= 11 is 6.26. The molecule has 28 heavy (non-hydrogen) atoms. The van der Waals surface area contributed by atoms with Crippen molar-refractivity contribution in [1.82, 2.24) is 5.01 Å². The molecule has 0 spiro atoms. The molecule has 0 unspecified atom stereocenters. The van der Waals surface area contributed by atoms with E-state index in [2.05, 4.69) is 9.50 Å². The normalized spacial score (nSPS) is 15.9. The van der Waals surface area contributed by atoms with E-state index in [4.69, 9.17) is 26.3 Å². The van der Waals surface area contributed by atoms with Gasteiger partial charge < -0.3 is 9.47 Å². The fourth-order valence-electron chi connectivity index (χ4n) is 2.81. The monoisotopic (exact) mass is 416 g/mol. The number of ether oxygens (including phenoxy) is 2. The molecule has 0 fully saturated rings. The number of nitrogens with zero attached hydrogens (tertiary/aromatic N) is 4. The number of nitriles is 1. The van der Waals surface area contributed by atoms with Crippen LogP contribution in [0.3, 0.4) is 0 Å². The van der Waals surface area contributed by atoms with Crippen LogP contribution in [0.4, 0.5) is 0 Å². The van der Waals surface area contributed by atoms with Crippen molar-refractivity contribution in [3.05, 3.63) is 52.5 Å². The summed E-state index contributed by atoms with van der Waals surface area (Å²) in [5, 5.41) is 15.1. The zero-order valence-corrected chi connectivity index (χ0v) is 15.9. The Morgan fingerprint density at radius 1 is 1.29 bits per heavy atom. The van der Waals surface area contributed by atoms with Gasteiger partial charge in [-0.1, -0.05) is 23.7 Å². The predicted octanol–water partition coefficient (Wildman–Crippen LogP) is 2.77. The smallest absolute Gasteiger partial charge is 0.285 e. The van der Waals surface area contributed by atoms with E-state index in [1.165, 1.54) is 17.3 Å². The van der Waals surface area contributed by atoms with Gasteiger partial charge in [0.1, 0.15) is 4.90 Å². The van der Waals surface area contributed by atoms with Crippen molar-refractivity contribution in [3.63, 3.8) is 0 Å². The lowest BCUT2D eigenvalue weighted by atomic mass is 10.2. The van der Waals surface area contributed by atoms with E-state index in [0.29, 0.717) is 27.6 Å². The molecule has 0 bridgehead atoms. The summed E-state index contributed by atoms with van der Waals surface area (Å²) in [5.41, 5.74) is 0.997. The molecule has 4 rings (SSSR count). The molecule has 2 aromatic carbocycles. The zero-order valence-electron chi connectivity index (χ0n) is 14.4. The van der Waals surface area contributed by atoms with Crippen molar-refractivity contribution in [2.45, 2.75) is 11.3 Å². The summed E-state index contributed by atoms with van der Waals surface area (Å²) in [6.45, 7) is 0.282. The summed E-state index contributed by atoms with van der Waals surface area (Å²) in [6, 6.07) is 11.8. The molecule has 8 nitrogen and oxygen atoms in total. The third kappa shape index (κ3) is 3.28. The Balaban J connectivity index is 1.71. The van der Waals surface area contributed by atoms with Crippen LogP contribution in [-0.2, 0) is 10.0 Å². The van der Waals surface area contributed by atoms with Gasteiger partial charge in [-0.3, -0.25) is 0 Å². The number of benzene rings is 2. The first kappa shape index (κ1) is 18.3. The molecule has 2 aromatic rings. The second kappa shape index (κ2) is 7.14. The SMILES string of the molecule is N#CCCN(/N=C/c1cc2c(cc1Cl)OCO2)C1=NS(=O)(=O)c2ccccc21. The van der Waals surface area contributed by atoms with Gasteiger partial charge in [0.05, 0.1) is 30.3 Å². The van der Waals surface area contributed by atoms with Crippen LogP contribution >= 0.6 is 11.6 Å². The number of hydrogen-bond acceptors (Lipinski definition) is 7. The third-order valence-electron chi connectivity index (χ3n) is 4.12. The Morgan fingerprint density at radius 3 is 2.82 bits per heavy atom. The Hall–Kier alpha value is -3.09. The molecule has 10 heteroatoms. The van der Waals surface area contributed by atoms with E-state index in [1.54, 1.807) is 30.3 Å². The van der Waals surface area contributed by atoms with Crippen molar-refractivity contribution in [2.24, 2.45) is 9.50 Å². The Bertz CT molecular complexity index is 1150. The highest BCUT2D eigenvalue weighted by molar-refractivity contribution is 7.90. The van der Waals surface area contributed by atoms with E-state index in [-0.39, 0.29) is 30.5 Å². The van der Waals surface area contributed by atoms with Crippen LogP contribution < -0.4 is 9.47 Å². The van der Waals surface area contributed by atoms with E-state index >= 15 is 0 Å². The molecule has 0 radical (unpaired) electrons. The van der Waals surface area contributed by atoms with Gasteiger partial charge in [0, 0.05) is 17.2 Å². The van der Waals surface area contributed by atoms with Crippen LogP contribution in [0.2, 0.25) is 5.02 Å². The molecule has 2 heterocycles. The van der Waals surface area contributed by atoms with Crippen LogP contribution in [0.1, 0.15) is 17.5 Å². The predicted molar refractivity (Wildman–Crippen MR) is 102 cm³/mol. The lowest BCUT2D eigenvalue weighted by Crippen LogP contribution is -2.27. The van der Waals surface area contributed by atoms with E-state index in [0.717, 1.165) is 0 Å². The fourth-order valence-corrected chi connectivity index (χ4v) is 4.22. The molecule has 2 aliphatic heterocycles. The quantitative estimate of drug-likeness (QED) is 0.560. The minimum Gasteiger partial charge on any atom is -0.454 e. The largest absolute Gasteiger partial charge is 0.454 e. The molecule has 0 saturated carbocycles. The van der Waals surface area contributed by atoms with Gasteiger partial charge in [0.2, 0.25) is 6.79 Å². The molecule has 0 atom stereocenters.